The maximum Gasteiger partial charge on any atom is 0.490 e. The van der Waals surface area contributed by atoms with E-state index in [4.69, 9.17) is 14.6 Å². The van der Waals surface area contributed by atoms with E-state index in [1.54, 1.807) is 36.7 Å². The summed E-state index contributed by atoms with van der Waals surface area (Å²) in [4.78, 5) is 37.2. The zero-order chi connectivity index (χ0) is 28.3. The first-order valence-electron chi connectivity index (χ1n) is 12.2. The van der Waals surface area contributed by atoms with Gasteiger partial charge in [0.25, 0.3) is 0 Å². The number of nitrogens with zero attached hydrogens (tertiary/aromatic N) is 1. The summed E-state index contributed by atoms with van der Waals surface area (Å²) in [6.07, 6.45) is -2.27. The van der Waals surface area contributed by atoms with Gasteiger partial charge in [-0.25, -0.2) is 9.59 Å². The number of carbonyl (C=O) groups is 3. The number of aryl methyl sites for hydroxylation is 1. The Hall–Kier alpha value is -2.80. The van der Waals surface area contributed by atoms with Crippen LogP contribution in [0.15, 0.2) is 35.7 Å². The molecule has 1 aliphatic heterocycles. The molecule has 1 aromatic carbocycles. The number of ether oxygens (including phenoxy) is 1. The number of likely N-dealkylation sites (tertiary alicyclic amines) is 1. The molecule has 0 saturated carbocycles. The van der Waals surface area contributed by atoms with Gasteiger partial charge in [-0.3, -0.25) is 15.0 Å². The lowest BCUT2D eigenvalue weighted by Crippen LogP contribution is -2.95. The molecule has 1 saturated heterocycles. The first kappa shape index (κ1) is 31.4. The highest BCUT2D eigenvalue weighted by Crippen LogP contribution is 2.26. The zero-order valence-corrected chi connectivity index (χ0v) is 22.2. The Bertz CT molecular complexity index is 1050. The third-order valence-corrected chi connectivity index (χ3v) is 7.21. The maximum atomic E-state index is 12.7. The molecule has 1 amide bonds. The fraction of sp³-hybridized carbons (Fsp3) is 0.500. The molecule has 1 aliphatic rings. The Labute approximate surface area is 223 Å². The van der Waals surface area contributed by atoms with Crippen LogP contribution in [-0.2, 0) is 9.59 Å². The molecule has 1 aromatic heterocycles. The Morgan fingerprint density at radius 1 is 1.11 bits per heavy atom. The van der Waals surface area contributed by atoms with Gasteiger partial charge < -0.3 is 14.9 Å². The molecule has 2 heterocycles. The Kier molecular flexibility index (Phi) is 12.4. The maximum absolute atomic E-state index is 12.7. The van der Waals surface area contributed by atoms with Crippen LogP contribution < -0.4 is 10.1 Å². The number of quaternary nitrogens is 1. The summed E-state index contributed by atoms with van der Waals surface area (Å²) in [5.41, 5.74) is 1.70. The Morgan fingerprint density at radius 2 is 1.71 bits per heavy atom. The van der Waals surface area contributed by atoms with Crippen molar-refractivity contribution < 1.29 is 47.8 Å². The average molecular weight is 560 g/mol. The van der Waals surface area contributed by atoms with Gasteiger partial charge in [0.15, 0.2) is 5.78 Å². The number of carbonyl (C=O) groups excluding carboxylic acids is 2. The van der Waals surface area contributed by atoms with E-state index in [0.717, 1.165) is 23.5 Å². The van der Waals surface area contributed by atoms with Gasteiger partial charge in [0.05, 0.1) is 20.1 Å². The number of benzene rings is 1. The number of Topliss-reactive ketones (excluding diaryl/α,β-unsaturated/α-hetero) is 1. The van der Waals surface area contributed by atoms with Crippen LogP contribution >= 0.6 is 11.3 Å². The van der Waals surface area contributed by atoms with Gasteiger partial charge in [-0.2, -0.15) is 13.2 Å². The van der Waals surface area contributed by atoms with Gasteiger partial charge in [0.1, 0.15) is 17.9 Å². The number of primary amides is 1. The van der Waals surface area contributed by atoms with Crippen LogP contribution in [0.25, 0.3) is 0 Å². The number of carboxylic acids is 1. The van der Waals surface area contributed by atoms with Gasteiger partial charge in [0.2, 0.25) is 0 Å². The molecule has 0 spiro atoms. The highest BCUT2D eigenvalue weighted by Gasteiger charge is 2.38. The van der Waals surface area contributed by atoms with Crippen molar-refractivity contribution in [2.75, 3.05) is 26.7 Å². The fourth-order valence-corrected chi connectivity index (χ4v) is 5.04. The summed E-state index contributed by atoms with van der Waals surface area (Å²) in [5, 5.41) is 21.8. The summed E-state index contributed by atoms with van der Waals surface area (Å²) in [6, 6.07) is 8.80. The first-order chi connectivity index (χ1) is 17.9. The number of amides is 1. The summed E-state index contributed by atoms with van der Waals surface area (Å²) in [7, 11) is 1.59. The molecule has 1 fully saturated rings. The number of nitrogens with two attached hydrogens (primary N) is 1. The number of rotatable bonds is 11. The van der Waals surface area contributed by atoms with Crippen molar-refractivity contribution in [1.29, 1.82) is 0 Å². The van der Waals surface area contributed by atoms with Crippen LogP contribution in [0.1, 0.15) is 59.0 Å². The molecular formula is C26H34F3N2O6S+. The van der Waals surface area contributed by atoms with E-state index in [2.05, 4.69) is 4.90 Å². The highest BCUT2D eigenvalue weighted by atomic mass is 32.1. The molecule has 8 nitrogen and oxygen atoms in total. The lowest BCUT2D eigenvalue weighted by atomic mass is 10.0. The van der Waals surface area contributed by atoms with E-state index in [1.807, 2.05) is 18.4 Å². The number of aliphatic carboxylic acids is 1. The molecule has 2 aromatic rings. The second kappa shape index (κ2) is 15.0. The van der Waals surface area contributed by atoms with E-state index >= 15 is 0 Å². The lowest BCUT2D eigenvalue weighted by molar-refractivity contribution is -0.616. The summed E-state index contributed by atoms with van der Waals surface area (Å²) in [6.45, 7) is 4.72. The molecule has 0 aliphatic carbocycles. The normalized spacial score (nSPS) is 15.3. The predicted molar refractivity (Wildman–Crippen MR) is 135 cm³/mol. The number of halogens is 3. The van der Waals surface area contributed by atoms with E-state index in [0.29, 0.717) is 37.1 Å². The number of methoxy groups -OCH3 is 1. The number of ketones is 1. The quantitative estimate of drug-likeness (QED) is 0.361. The average Bonchev–Trinajstić information content (AvgIpc) is 3.54. The van der Waals surface area contributed by atoms with Gasteiger partial charge in [-0.15, -0.1) is 11.3 Å². The van der Waals surface area contributed by atoms with Crippen molar-refractivity contribution in [3.8, 4) is 5.75 Å². The lowest BCUT2D eigenvalue weighted by Gasteiger charge is -2.25. The monoisotopic (exact) mass is 559 g/mol. The number of hydrogen-bond donors (Lipinski definition) is 3. The second-order valence-electron chi connectivity index (χ2n) is 9.03. The topological polar surface area (TPSA) is 121 Å². The van der Waals surface area contributed by atoms with Crippen molar-refractivity contribution >= 4 is 29.0 Å². The van der Waals surface area contributed by atoms with Gasteiger partial charge in [0, 0.05) is 16.9 Å². The van der Waals surface area contributed by atoms with E-state index in [1.165, 1.54) is 24.2 Å². The minimum Gasteiger partial charge on any atom is -0.497 e. The summed E-state index contributed by atoms with van der Waals surface area (Å²) < 4.78 is 36.9. The van der Waals surface area contributed by atoms with Gasteiger partial charge in [-0.05, 0) is 80.6 Å². The van der Waals surface area contributed by atoms with Crippen molar-refractivity contribution in [3.05, 3.63) is 51.7 Å². The summed E-state index contributed by atoms with van der Waals surface area (Å²) >= 11 is 1.54. The minimum absolute atomic E-state index is 0.0000120. The molecular weight excluding hydrogens is 525 g/mol. The first-order valence-corrected chi connectivity index (χ1v) is 13.1. The molecule has 38 heavy (non-hydrogen) atoms. The number of hydrogen-bond acceptors (Lipinski definition) is 7. The zero-order valence-electron chi connectivity index (χ0n) is 21.4. The van der Waals surface area contributed by atoms with Crippen LogP contribution in [0.4, 0.5) is 13.2 Å². The van der Waals surface area contributed by atoms with Crippen molar-refractivity contribution in [3.63, 3.8) is 0 Å². The van der Waals surface area contributed by atoms with Crippen LogP contribution in [0.5, 0.6) is 5.75 Å². The van der Waals surface area contributed by atoms with Crippen LogP contribution in [0, 0.1) is 6.92 Å². The summed E-state index contributed by atoms with van der Waals surface area (Å²) in [5.74, 6) is -2.02. The standard InChI is InChI=1S/C24H32N2O4S.C2HF3O2/c1-17-12-15-31-24(17)23(29)20(16-26-13-3-4-14-26)25-22(28)7-5-6-21(27)18-8-10-19(30-2)11-9-18;3-2(4,5)1(6)7/h8-12,15,20,23,29H,3-7,13-14,16H2,1-2H3,(H,25,28);(H,6,7)/p+1/t20-,23+;/m1./s1. The third kappa shape index (κ3) is 10.2. The Morgan fingerprint density at radius 3 is 2.21 bits per heavy atom. The van der Waals surface area contributed by atoms with E-state index < -0.39 is 18.2 Å². The number of aliphatic hydroxyl groups excluding tert-OH is 1. The van der Waals surface area contributed by atoms with Gasteiger partial charge in [-0.1, -0.05) is 0 Å². The number of aliphatic hydroxyl groups is 1. The molecule has 12 heteroatoms. The number of alkyl halides is 3. The molecule has 2 atom stereocenters. The van der Waals surface area contributed by atoms with Gasteiger partial charge >= 0.3 is 18.1 Å². The van der Waals surface area contributed by atoms with Crippen molar-refractivity contribution in [2.24, 2.45) is 0 Å². The highest BCUT2D eigenvalue weighted by molar-refractivity contribution is 7.10. The molecule has 4 N–H and O–H groups in total. The smallest absolute Gasteiger partial charge is 0.490 e. The van der Waals surface area contributed by atoms with Crippen molar-refractivity contribution in [2.45, 2.75) is 57.3 Å². The predicted octanol–water partition coefficient (Wildman–Crippen LogP) is 3.34. The van der Waals surface area contributed by atoms with Crippen LogP contribution in [0.2, 0.25) is 0 Å². The molecule has 210 valence electrons. The molecule has 0 bridgehead atoms. The third-order valence-electron chi connectivity index (χ3n) is 6.13. The van der Waals surface area contributed by atoms with Crippen LogP contribution in [-0.4, -0.2) is 71.7 Å². The number of thiophene rings is 1. The minimum atomic E-state index is -5.08. The van der Waals surface area contributed by atoms with E-state index in [-0.39, 0.29) is 17.7 Å². The molecule has 0 radical (unpaired) electrons. The molecule has 0 unspecified atom stereocenters. The fourth-order valence-electron chi connectivity index (χ4n) is 4.06. The molecule has 3 rings (SSSR count). The van der Waals surface area contributed by atoms with Crippen LogP contribution in [0.3, 0.4) is 0 Å². The second-order valence-corrected chi connectivity index (χ2v) is 9.97. The largest absolute Gasteiger partial charge is 0.497 e. The van der Waals surface area contributed by atoms with E-state index in [9.17, 15) is 27.9 Å². The number of carboxylic acid groups (broad SMARTS) is 1. The van der Waals surface area contributed by atoms with Crippen molar-refractivity contribution in [1.82, 2.24) is 4.90 Å². The SMILES string of the molecule is COc1ccc(C(=O)CCCC(=O)[NH2+][C@H](CN2CCCC2)[C@H](O)c2sccc2C)cc1.O=C(O)C(F)(F)F. The Balaban J connectivity index is 0.000000638.